The molecule has 1 heterocycles. The summed E-state index contributed by atoms with van der Waals surface area (Å²) < 4.78 is 0. The molecule has 0 aromatic heterocycles. The average Bonchev–Trinajstić information content (AvgIpc) is 3.09. The van der Waals surface area contributed by atoms with Crippen molar-refractivity contribution in [1.82, 2.24) is 15.1 Å². The molecule has 3 rings (SSSR count). The SMILES string of the molecule is CC(CN1CCN(C2CCCC2)CC1)(NC1CC1)C(N)=O. The van der Waals surface area contributed by atoms with E-state index in [-0.39, 0.29) is 5.91 Å². The summed E-state index contributed by atoms with van der Waals surface area (Å²) in [6.07, 6.45) is 7.91. The molecule has 1 atom stereocenters. The largest absolute Gasteiger partial charge is 0.368 e. The maximum absolute atomic E-state index is 11.9. The quantitative estimate of drug-likeness (QED) is 0.751. The summed E-state index contributed by atoms with van der Waals surface area (Å²) in [5, 5.41) is 3.45. The predicted octanol–water partition coefficient (Wildman–Crippen LogP) is 0.543. The van der Waals surface area contributed by atoms with Crippen molar-refractivity contribution in [2.45, 2.75) is 63.1 Å². The van der Waals surface area contributed by atoms with Crippen LogP contribution < -0.4 is 11.1 Å². The lowest BCUT2D eigenvalue weighted by molar-refractivity contribution is -0.125. The average molecular weight is 294 g/mol. The summed E-state index contributed by atoms with van der Waals surface area (Å²) in [4.78, 5) is 16.9. The van der Waals surface area contributed by atoms with Crippen LogP contribution in [0.25, 0.3) is 0 Å². The van der Waals surface area contributed by atoms with E-state index in [9.17, 15) is 4.79 Å². The van der Waals surface area contributed by atoms with Crippen molar-refractivity contribution in [3.8, 4) is 0 Å². The maximum Gasteiger partial charge on any atom is 0.238 e. The van der Waals surface area contributed by atoms with Crippen molar-refractivity contribution in [2.24, 2.45) is 5.73 Å². The zero-order valence-electron chi connectivity index (χ0n) is 13.3. The van der Waals surface area contributed by atoms with Crippen LogP contribution in [-0.2, 0) is 4.79 Å². The second kappa shape index (κ2) is 6.23. The van der Waals surface area contributed by atoms with Crippen LogP contribution in [0, 0.1) is 0 Å². The fourth-order valence-electron chi connectivity index (χ4n) is 3.88. The van der Waals surface area contributed by atoms with Gasteiger partial charge in [-0.25, -0.2) is 0 Å². The fraction of sp³-hybridized carbons (Fsp3) is 0.938. The van der Waals surface area contributed by atoms with Gasteiger partial charge in [0.2, 0.25) is 5.91 Å². The molecule has 5 nitrogen and oxygen atoms in total. The molecule has 0 aromatic carbocycles. The number of hydrogen-bond acceptors (Lipinski definition) is 4. The topological polar surface area (TPSA) is 61.6 Å². The number of carbonyl (C=O) groups excluding carboxylic acids is 1. The molecule has 1 amide bonds. The number of hydrogen-bond donors (Lipinski definition) is 2. The standard InChI is InChI=1S/C16H30N4O/c1-16(15(17)21,18-13-6-7-13)12-19-8-10-20(11-9-19)14-4-2-3-5-14/h13-14,18H,2-12H2,1H3,(H2,17,21). The molecule has 1 aliphatic heterocycles. The molecule has 21 heavy (non-hydrogen) atoms. The molecule has 2 aliphatic carbocycles. The van der Waals surface area contributed by atoms with Crippen molar-refractivity contribution in [3.63, 3.8) is 0 Å². The van der Waals surface area contributed by atoms with E-state index in [4.69, 9.17) is 5.73 Å². The van der Waals surface area contributed by atoms with Gasteiger partial charge in [0.1, 0.15) is 5.54 Å². The van der Waals surface area contributed by atoms with Gasteiger partial charge < -0.3 is 5.73 Å². The van der Waals surface area contributed by atoms with Gasteiger partial charge in [-0.05, 0) is 32.6 Å². The van der Waals surface area contributed by atoms with Gasteiger partial charge in [0.25, 0.3) is 0 Å². The maximum atomic E-state index is 11.9. The third-order valence-electron chi connectivity index (χ3n) is 5.43. The zero-order chi connectivity index (χ0) is 14.9. The number of rotatable bonds is 6. The monoisotopic (exact) mass is 294 g/mol. The van der Waals surface area contributed by atoms with Crippen LogP contribution in [-0.4, -0.2) is 66.1 Å². The predicted molar refractivity (Wildman–Crippen MR) is 84.0 cm³/mol. The highest BCUT2D eigenvalue weighted by Crippen LogP contribution is 2.26. The van der Waals surface area contributed by atoms with Gasteiger partial charge >= 0.3 is 0 Å². The Labute approximate surface area is 128 Å². The lowest BCUT2D eigenvalue weighted by Crippen LogP contribution is -2.62. The molecule has 3 N–H and O–H groups in total. The van der Waals surface area contributed by atoms with E-state index >= 15 is 0 Å². The first-order chi connectivity index (χ1) is 10.1. The molecule has 3 aliphatic rings. The van der Waals surface area contributed by atoms with Gasteiger partial charge in [0, 0.05) is 44.8 Å². The number of nitrogens with two attached hydrogens (primary N) is 1. The van der Waals surface area contributed by atoms with Gasteiger partial charge in [-0.15, -0.1) is 0 Å². The van der Waals surface area contributed by atoms with Crippen LogP contribution >= 0.6 is 0 Å². The second-order valence-corrected chi connectivity index (χ2v) is 7.37. The highest BCUT2D eigenvalue weighted by atomic mass is 16.1. The number of nitrogens with one attached hydrogen (secondary N) is 1. The fourth-order valence-corrected chi connectivity index (χ4v) is 3.88. The minimum absolute atomic E-state index is 0.215. The minimum Gasteiger partial charge on any atom is -0.368 e. The Kier molecular flexibility index (Phi) is 4.52. The highest BCUT2D eigenvalue weighted by Gasteiger charge is 2.39. The second-order valence-electron chi connectivity index (χ2n) is 7.37. The van der Waals surface area contributed by atoms with Gasteiger partial charge in [0.05, 0.1) is 0 Å². The van der Waals surface area contributed by atoms with E-state index in [2.05, 4.69) is 15.1 Å². The molecule has 0 radical (unpaired) electrons. The number of nitrogens with zero attached hydrogens (tertiary/aromatic N) is 2. The van der Waals surface area contributed by atoms with E-state index in [0.717, 1.165) is 38.8 Å². The molecule has 3 fully saturated rings. The Bertz CT molecular complexity index is 370. The van der Waals surface area contributed by atoms with E-state index in [1.807, 2.05) is 6.92 Å². The number of carbonyl (C=O) groups is 1. The van der Waals surface area contributed by atoms with Crippen LogP contribution in [0.2, 0.25) is 0 Å². The smallest absolute Gasteiger partial charge is 0.238 e. The lowest BCUT2D eigenvalue weighted by Gasteiger charge is -2.41. The molecular weight excluding hydrogens is 264 g/mol. The number of piperazine rings is 1. The van der Waals surface area contributed by atoms with E-state index in [1.165, 1.54) is 38.5 Å². The summed E-state index contributed by atoms with van der Waals surface area (Å²) in [6.45, 7) is 7.12. The Morgan fingerprint density at radius 1 is 1.14 bits per heavy atom. The van der Waals surface area contributed by atoms with E-state index < -0.39 is 5.54 Å². The van der Waals surface area contributed by atoms with Crippen LogP contribution in [0.3, 0.4) is 0 Å². The third kappa shape index (κ3) is 3.76. The Balaban J connectivity index is 1.49. The van der Waals surface area contributed by atoms with Crippen molar-refractivity contribution >= 4 is 5.91 Å². The molecular formula is C16H30N4O. The first kappa shape index (κ1) is 15.3. The molecule has 120 valence electrons. The van der Waals surface area contributed by atoms with Crippen molar-refractivity contribution in [2.75, 3.05) is 32.7 Å². The van der Waals surface area contributed by atoms with Crippen LogP contribution in [0.1, 0.15) is 45.4 Å². The van der Waals surface area contributed by atoms with Crippen LogP contribution in [0.5, 0.6) is 0 Å². The highest BCUT2D eigenvalue weighted by molar-refractivity contribution is 5.84. The molecule has 2 saturated carbocycles. The van der Waals surface area contributed by atoms with Gasteiger partial charge in [0.15, 0.2) is 0 Å². The molecule has 0 aromatic rings. The molecule has 1 unspecified atom stereocenters. The summed E-state index contributed by atoms with van der Waals surface area (Å²) in [7, 11) is 0. The summed E-state index contributed by atoms with van der Waals surface area (Å²) in [5.41, 5.74) is 5.08. The number of amides is 1. The first-order valence-electron chi connectivity index (χ1n) is 8.61. The van der Waals surface area contributed by atoms with Gasteiger partial charge in [-0.2, -0.15) is 0 Å². The Hall–Kier alpha value is -0.650. The van der Waals surface area contributed by atoms with Gasteiger partial charge in [-0.1, -0.05) is 12.8 Å². The number of primary amides is 1. The summed E-state index contributed by atoms with van der Waals surface area (Å²) in [6, 6.07) is 1.32. The zero-order valence-corrected chi connectivity index (χ0v) is 13.3. The van der Waals surface area contributed by atoms with Crippen molar-refractivity contribution in [3.05, 3.63) is 0 Å². The molecule has 0 spiro atoms. The summed E-state index contributed by atoms with van der Waals surface area (Å²) >= 11 is 0. The first-order valence-corrected chi connectivity index (χ1v) is 8.61. The molecule has 5 heteroatoms. The summed E-state index contributed by atoms with van der Waals surface area (Å²) in [5.74, 6) is -0.215. The Morgan fingerprint density at radius 2 is 1.76 bits per heavy atom. The van der Waals surface area contributed by atoms with E-state index in [0.29, 0.717) is 6.04 Å². The van der Waals surface area contributed by atoms with E-state index in [1.54, 1.807) is 0 Å². The van der Waals surface area contributed by atoms with Crippen LogP contribution in [0.4, 0.5) is 0 Å². The van der Waals surface area contributed by atoms with Crippen molar-refractivity contribution in [1.29, 1.82) is 0 Å². The van der Waals surface area contributed by atoms with Crippen LogP contribution in [0.15, 0.2) is 0 Å². The third-order valence-corrected chi connectivity index (χ3v) is 5.43. The van der Waals surface area contributed by atoms with Gasteiger partial charge in [-0.3, -0.25) is 19.9 Å². The normalized spacial score (nSPS) is 28.6. The molecule has 1 saturated heterocycles. The molecule has 0 bridgehead atoms. The lowest BCUT2D eigenvalue weighted by atomic mass is 9.99. The minimum atomic E-state index is -0.573. The van der Waals surface area contributed by atoms with Crippen molar-refractivity contribution < 1.29 is 4.79 Å². The Morgan fingerprint density at radius 3 is 2.29 bits per heavy atom.